The minimum atomic E-state index is -0.675. The second kappa shape index (κ2) is 9.05. The fourth-order valence-electron chi connectivity index (χ4n) is 3.05. The van der Waals surface area contributed by atoms with Crippen molar-refractivity contribution in [3.63, 3.8) is 0 Å². The average Bonchev–Trinajstić information content (AvgIpc) is 3.11. The maximum absolute atomic E-state index is 14.0. The number of amides is 1. The summed E-state index contributed by atoms with van der Waals surface area (Å²) in [5, 5.41) is 14.0. The third-order valence-corrected chi connectivity index (χ3v) is 4.48. The van der Waals surface area contributed by atoms with Crippen LogP contribution in [0.1, 0.15) is 54.3 Å². The van der Waals surface area contributed by atoms with Gasteiger partial charge in [0.2, 0.25) is 0 Å². The van der Waals surface area contributed by atoms with E-state index >= 15 is 0 Å². The molecular weight excluding hydrogens is 364 g/mol. The van der Waals surface area contributed by atoms with E-state index in [0.717, 1.165) is 32.0 Å². The Morgan fingerprint density at radius 2 is 2.12 bits per heavy atom. The Morgan fingerprint density at radius 1 is 1.38 bits per heavy atom. The van der Waals surface area contributed by atoms with Crippen molar-refractivity contribution in [2.75, 3.05) is 13.1 Å². The topological polar surface area (TPSA) is 71.8 Å². The van der Waals surface area contributed by atoms with Crippen LogP contribution in [-0.2, 0) is 0 Å². The molecule has 0 spiro atoms. The third-order valence-electron chi connectivity index (χ3n) is 4.48. The van der Waals surface area contributed by atoms with Gasteiger partial charge in [-0.05, 0) is 38.4 Å². The summed E-state index contributed by atoms with van der Waals surface area (Å²) >= 11 is 0. The van der Waals surface area contributed by atoms with E-state index in [1.165, 1.54) is 12.1 Å². The Hall–Kier alpha value is -2.06. The minimum Gasteiger partial charge on any atom is -0.344 e. The normalized spacial score (nSPS) is 16.0. The van der Waals surface area contributed by atoms with E-state index < -0.39 is 23.6 Å². The van der Waals surface area contributed by atoms with Crippen LogP contribution in [0.3, 0.4) is 0 Å². The zero-order chi connectivity index (χ0) is 17.8. The van der Waals surface area contributed by atoms with E-state index in [0.29, 0.717) is 6.42 Å². The Kier molecular flexibility index (Phi) is 7.05. The molecule has 0 radical (unpaired) electrons. The first-order valence-electron chi connectivity index (χ1n) is 8.47. The molecule has 2 N–H and O–H groups in total. The summed E-state index contributed by atoms with van der Waals surface area (Å²) in [5.41, 5.74) is 0.447. The number of nitrogens with one attached hydrogen (secondary N) is 2. The number of halogens is 3. The molecule has 1 atom stereocenters. The Morgan fingerprint density at radius 3 is 2.77 bits per heavy atom. The molecule has 1 aliphatic rings. The molecule has 2 aromatic rings. The number of carbonyl (C=O) groups is 1. The largest absolute Gasteiger partial charge is 0.344 e. The fraction of sp³-hybridized carbons (Fsp3) is 0.471. The van der Waals surface area contributed by atoms with Crippen LogP contribution in [0.15, 0.2) is 24.4 Å². The monoisotopic (exact) mass is 385 g/mol. The summed E-state index contributed by atoms with van der Waals surface area (Å²) in [6.07, 6.45) is 3.96. The van der Waals surface area contributed by atoms with Gasteiger partial charge in [-0.25, -0.2) is 13.5 Å². The molecular formula is C17H22ClF2N5O. The number of benzene rings is 1. The molecule has 26 heavy (non-hydrogen) atoms. The summed E-state index contributed by atoms with van der Waals surface area (Å²) in [6, 6.07) is 3.02. The van der Waals surface area contributed by atoms with Gasteiger partial charge in [0.25, 0.3) is 5.91 Å². The number of rotatable bonds is 5. The molecule has 1 fully saturated rings. The highest BCUT2D eigenvalue weighted by Gasteiger charge is 2.22. The molecule has 3 rings (SSSR count). The standard InChI is InChI=1S/C17H21F2N5O.ClH/c1-2-15(13-4-3-11(18)9-14(13)19)21-17(25)16-10-24(23-22-16)12-5-7-20-8-6-12;/h3-4,9-10,12,15,20H,2,5-8H2,1H3,(H,21,25);1H. The molecule has 0 saturated carbocycles. The van der Waals surface area contributed by atoms with Crippen LogP contribution >= 0.6 is 12.4 Å². The number of carbonyl (C=O) groups excluding carboxylic acids is 1. The lowest BCUT2D eigenvalue weighted by molar-refractivity contribution is 0.0929. The Labute approximate surface area is 156 Å². The van der Waals surface area contributed by atoms with Crippen molar-refractivity contribution < 1.29 is 13.6 Å². The Balaban J connectivity index is 0.00000243. The van der Waals surface area contributed by atoms with E-state index in [9.17, 15) is 13.6 Å². The summed E-state index contributed by atoms with van der Waals surface area (Å²) < 4.78 is 28.7. The zero-order valence-corrected chi connectivity index (χ0v) is 15.2. The lowest BCUT2D eigenvalue weighted by Crippen LogP contribution is -2.30. The van der Waals surface area contributed by atoms with E-state index in [1.54, 1.807) is 10.9 Å². The van der Waals surface area contributed by atoms with Crippen molar-refractivity contribution in [1.82, 2.24) is 25.6 Å². The summed E-state index contributed by atoms with van der Waals surface area (Å²) in [5.74, 6) is -1.74. The molecule has 0 aliphatic carbocycles. The van der Waals surface area contributed by atoms with Gasteiger partial charge in [-0.2, -0.15) is 0 Å². The number of nitrogens with zero attached hydrogens (tertiary/aromatic N) is 3. The number of hydrogen-bond donors (Lipinski definition) is 2. The number of hydrogen-bond acceptors (Lipinski definition) is 4. The minimum absolute atomic E-state index is 0. The molecule has 1 aromatic heterocycles. The lowest BCUT2D eigenvalue weighted by atomic mass is 10.0. The summed E-state index contributed by atoms with van der Waals surface area (Å²) in [6.45, 7) is 3.64. The van der Waals surface area contributed by atoms with Gasteiger partial charge >= 0.3 is 0 Å². The molecule has 0 bridgehead atoms. The van der Waals surface area contributed by atoms with E-state index in [-0.39, 0.29) is 29.7 Å². The van der Waals surface area contributed by atoms with Crippen molar-refractivity contribution in [3.8, 4) is 0 Å². The molecule has 2 heterocycles. The second-order valence-electron chi connectivity index (χ2n) is 6.17. The first kappa shape index (κ1) is 20.3. The van der Waals surface area contributed by atoms with Gasteiger partial charge in [0.05, 0.1) is 18.3 Å². The van der Waals surface area contributed by atoms with Gasteiger partial charge in [-0.1, -0.05) is 18.2 Å². The highest BCUT2D eigenvalue weighted by Crippen LogP contribution is 2.22. The molecule has 1 unspecified atom stereocenters. The molecule has 1 amide bonds. The second-order valence-corrected chi connectivity index (χ2v) is 6.17. The van der Waals surface area contributed by atoms with E-state index in [2.05, 4.69) is 20.9 Å². The van der Waals surface area contributed by atoms with Crippen molar-refractivity contribution in [3.05, 3.63) is 47.3 Å². The number of piperidine rings is 1. The van der Waals surface area contributed by atoms with Gasteiger partial charge in [-0.3, -0.25) is 4.79 Å². The van der Waals surface area contributed by atoms with E-state index in [1.807, 2.05) is 6.92 Å². The van der Waals surface area contributed by atoms with Gasteiger partial charge in [-0.15, -0.1) is 17.5 Å². The van der Waals surface area contributed by atoms with Crippen molar-refractivity contribution >= 4 is 18.3 Å². The Bertz CT molecular complexity index is 749. The fourth-order valence-corrected chi connectivity index (χ4v) is 3.05. The SMILES string of the molecule is CCC(NC(=O)c1cn(C2CCNCC2)nn1)c1ccc(F)cc1F.Cl. The van der Waals surface area contributed by atoms with Crippen LogP contribution in [0.5, 0.6) is 0 Å². The van der Waals surface area contributed by atoms with Crippen LogP contribution in [0.25, 0.3) is 0 Å². The molecule has 9 heteroatoms. The van der Waals surface area contributed by atoms with Crippen molar-refractivity contribution in [1.29, 1.82) is 0 Å². The summed E-state index contributed by atoms with van der Waals surface area (Å²) in [7, 11) is 0. The van der Waals surface area contributed by atoms with Crippen LogP contribution in [0.4, 0.5) is 8.78 Å². The zero-order valence-electron chi connectivity index (χ0n) is 14.4. The lowest BCUT2D eigenvalue weighted by Gasteiger charge is -2.22. The predicted octanol–water partition coefficient (Wildman–Crippen LogP) is 2.78. The highest BCUT2D eigenvalue weighted by atomic mass is 35.5. The maximum Gasteiger partial charge on any atom is 0.273 e. The molecule has 142 valence electrons. The molecule has 6 nitrogen and oxygen atoms in total. The smallest absolute Gasteiger partial charge is 0.273 e. The quantitative estimate of drug-likeness (QED) is 0.830. The average molecular weight is 386 g/mol. The number of aromatic nitrogens is 3. The van der Waals surface area contributed by atoms with Crippen LogP contribution in [-0.4, -0.2) is 34.0 Å². The van der Waals surface area contributed by atoms with Gasteiger partial charge in [0.15, 0.2) is 5.69 Å². The van der Waals surface area contributed by atoms with Gasteiger partial charge in [0, 0.05) is 11.6 Å². The summed E-state index contributed by atoms with van der Waals surface area (Å²) in [4.78, 5) is 12.4. The molecule has 1 aromatic carbocycles. The van der Waals surface area contributed by atoms with Crippen LogP contribution < -0.4 is 10.6 Å². The maximum atomic E-state index is 14.0. The molecule has 1 aliphatic heterocycles. The van der Waals surface area contributed by atoms with Gasteiger partial charge in [0.1, 0.15) is 11.6 Å². The molecule has 1 saturated heterocycles. The predicted molar refractivity (Wildman–Crippen MR) is 95.3 cm³/mol. The van der Waals surface area contributed by atoms with Crippen molar-refractivity contribution in [2.24, 2.45) is 0 Å². The van der Waals surface area contributed by atoms with Crippen LogP contribution in [0, 0.1) is 11.6 Å². The van der Waals surface area contributed by atoms with Gasteiger partial charge < -0.3 is 10.6 Å². The third kappa shape index (κ3) is 4.56. The van der Waals surface area contributed by atoms with Crippen molar-refractivity contribution in [2.45, 2.75) is 38.3 Å². The first-order chi connectivity index (χ1) is 12.1. The van der Waals surface area contributed by atoms with Crippen LogP contribution in [0.2, 0.25) is 0 Å². The highest BCUT2D eigenvalue weighted by molar-refractivity contribution is 5.92. The van der Waals surface area contributed by atoms with E-state index in [4.69, 9.17) is 0 Å². The first-order valence-corrected chi connectivity index (χ1v) is 8.47.